The van der Waals surface area contributed by atoms with E-state index in [4.69, 9.17) is 5.73 Å². The Morgan fingerprint density at radius 2 is 2.10 bits per heavy atom. The molecule has 0 aromatic carbocycles. The molecule has 0 spiro atoms. The summed E-state index contributed by atoms with van der Waals surface area (Å²) in [5.41, 5.74) is 5.67. The first-order valence-electron chi connectivity index (χ1n) is 8.00. The van der Waals surface area contributed by atoms with E-state index in [1.54, 1.807) is 0 Å². The lowest BCUT2D eigenvalue weighted by Crippen LogP contribution is -2.44. The van der Waals surface area contributed by atoms with E-state index in [1.807, 2.05) is 21.8 Å². The third-order valence-electron chi connectivity index (χ3n) is 4.57. The molecule has 3 rings (SSSR count). The number of amides is 1. The molecular formula is C15H25N5O. The molecule has 1 aromatic heterocycles. The third kappa shape index (κ3) is 3.37. The highest BCUT2D eigenvalue weighted by Crippen LogP contribution is 2.27. The van der Waals surface area contributed by atoms with Gasteiger partial charge in [0, 0.05) is 31.9 Å². The number of anilines is 1. The van der Waals surface area contributed by atoms with Crippen LogP contribution in [0.4, 0.5) is 5.82 Å². The van der Waals surface area contributed by atoms with Crippen molar-refractivity contribution in [1.29, 1.82) is 0 Å². The van der Waals surface area contributed by atoms with Crippen molar-refractivity contribution in [2.75, 3.05) is 31.9 Å². The van der Waals surface area contributed by atoms with Gasteiger partial charge in [-0.3, -0.25) is 14.4 Å². The zero-order chi connectivity index (χ0) is 14.8. The monoisotopic (exact) mass is 291 g/mol. The number of hydrogen-bond acceptors (Lipinski definition) is 4. The Morgan fingerprint density at radius 1 is 1.38 bits per heavy atom. The molecule has 116 valence electrons. The van der Waals surface area contributed by atoms with Gasteiger partial charge in [-0.2, -0.15) is 5.10 Å². The van der Waals surface area contributed by atoms with Crippen LogP contribution in [0.25, 0.3) is 0 Å². The molecule has 1 amide bonds. The maximum atomic E-state index is 12.3. The predicted octanol–water partition coefficient (Wildman–Crippen LogP) is 1.11. The van der Waals surface area contributed by atoms with E-state index >= 15 is 0 Å². The zero-order valence-electron chi connectivity index (χ0n) is 12.7. The topological polar surface area (TPSA) is 67.4 Å². The summed E-state index contributed by atoms with van der Waals surface area (Å²) in [6.45, 7) is 5.40. The molecule has 2 N–H and O–H groups in total. The molecule has 0 radical (unpaired) electrons. The second-order valence-electron chi connectivity index (χ2n) is 6.14. The van der Waals surface area contributed by atoms with Crippen molar-refractivity contribution in [2.24, 2.45) is 0 Å². The van der Waals surface area contributed by atoms with Crippen molar-refractivity contribution < 1.29 is 4.79 Å². The lowest BCUT2D eigenvalue weighted by Gasteiger charge is -2.33. The van der Waals surface area contributed by atoms with E-state index in [0.717, 1.165) is 32.5 Å². The predicted molar refractivity (Wildman–Crippen MR) is 81.8 cm³/mol. The van der Waals surface area contributed by atoms with Crippen LogP contribution >= 0.6 is 0 Å². The molecule has 1 saturated carbocycles. The van der Waals surface area contributed by atoms with Gasteiger partial charge in [0.05, 0.1) is 12.6 Å². The lowest BCUT2D eigenvalue weighted by atomic mass is 10.1. The van der Waals surface area contributed by atoms with Gasteiger partial charge >= 0.3 is 0 Å². The van der Waals surface area contributed by atoms with E-state index in [9.17, 15) is 4.79 Å². The van der Waals surface area contributed by atoms with E-state index in [2.05, 4.69) is 16.9 Å². The third-order valence-corrected chi connectivity index (χ3v) is 4.57. The van der Waals surface area contributed by atoms with Crippen LogP contribution < -0.4 is 5.73 Å². The van der Waals surface area contributed by atoms with Gasteiger partial charge in [-0.1, -0.05) is 0 Å². The average Bonchev–Trinajstić information content (AvgIpc) is 3.21. The number of nitrogens with two attached hydrogens (primary N) is 1. The molecule has 1 saturated heterocycles. The number of aromatic nitrogens is 2. The summed E-state index contributed by atoms with van der Waals surface area (Å²) >= 11 is 0. The number of likely N-dealkylation sites (tertiary alicyclic amines) is 1. The fourth-order valence-electron chi connectivity index (χ4n) is 3.20. The Labute approximate surface area is 125 Å². The SMILES string of the molecule is CCN(C(=O)CN1CCC(n2ccc(N)n2)CC1)C1CC1. The number of likely N-dealkylation sites (N-methyl/N-ethyl adjacent to an activating group) is 1. The molecule has 2 aliphatic rings. The summed E-state index contributed by atoms with van der Waals surface area (Å²) < 4.78 is 1.97. The zero-order valence-corrected chi connectivity index (χ0v) is 12.7. The molecule has 2 heterocycles. The molecule has 0 bridgehead atoms. The number of nitrogens with zero attached hydrogens (tertiary/aromatic N) is 4. The smallest absolute Gasteiger partial charge is 0.236 e. The van der Waals surface area contributed by atoms with Crippen LogP contribution in [0, 0.1) is 0 Å². The summed E-state index contributed by atoms with van der Waals surface area (Å²) in [5, 5.41) is 4.29. The fourth-order valence-corrected chi connectivity index (χ4v) is 3.20. The van der Waals surface area contributed by atoms with Crippen molar-refractivity contribution in [2.45, 2.75) is 44.7 Å². The number of piperidine rings is 1. The van der Waals surface area contributed by atoms with Crippen molar-refractivity contribution in [3.05, 3.63) is 12.3 Å². The Hall–Kier alpha value is -1.56. The van der Waals surface area contributed by atoms with Gasteiger partial charge in [0.25, 0.3) is 0 Å². The number of carbonyl (C=O) groups is 1. The summed E-state index contributed by atoms with van der Waals surface area (Å²) in [6.07, 6.45) is 6.38. The largest absolute Gasteiger partial charge is 0.382 e. The van der Waals surface area contributed by atoms with Crippen LogP contribution in [0.2, 0.25) is 0 Å². The molecule has 21 heavy (non-hydrogen) atoms. The van der Waals surface area contributed by atoms with Crippen LogP contribution in [-0.2, 0) is 4.79 Å². The Kier molecular flexibility index (Phi) is 4.14. The molecule has 0 atom stereocenters. The fraction of sp³-hybridized carbons (Fsp3) is 0.733. The van der Waals surface area contributed by atoms with Crippen molar-refractivity contribution >= 4 is 11.7 Å². The van der Waals surface area contributed by atoms with Crippen molar-refractivity contribution in [3.8, 4) is 0 Å². The second kappa shape index (κ2) is 6.05. The summed E-state index contributed by atoms with van der Waals surface area (Å²) in [4.78, 5) is 16.6. The van der Waals surface area contributed by atoms with E-state index in [0.29, 0.717) is 30.4 Å². The quantitative estimate of drug-likeness (QED) is 0.882. The summed E-state index contributed by atoms with van der Waals surface area (Å²) in [6, 6.07) is 2.77. The van der Waals surface area contributed by atoms with Gasteiger partial charge in [-0.05, 0) is 38.7 Å². The van der Waals surface area contributed by atoms with Gasteiger partial charge in [-0.25, -0.2) is 0 Å². The molecule has 0 unspecified atom stereocenters. The highest BCUT2D eigenvalue weighted by molar-refractivity contribution is 5.78. The lowest BCUT2D eigenvalue weighted by molar-refractivity contribution is -0.133. The van der Waals surface area contributed by atoms with E-state index in [1.165, 1.54) is 12.8 Å². The first-order chi connectivity index (χ1) is 10.2. The Bertz CT molecular complexity index is 488. The minimum Gasteiger partial charge on any atom is -0.382 e. The minimum atomic E-state index is 0.293. The Balaban J connectivity index is 1.48. The summed E-state index contributed by atoms with van der Waals surface area (Å²) in [7, 11) is 0. The van der Waals surface area contributed by atoms with Crippen LogP contribution in [-0.4, -0.2) is 57.7 Å². The molecule has 1 aliphatic carbocycles. The van der Waals surface area contributed by atoms with Crippen molar-refractivity contribution in [3.63, 3.8) is 0 Å². The number of carbonyl (C=O) groups excluding carboxylic acids is 1. The van der Waals surface area contributed by atoms with Crippen LogP contribution in [0.1, 0.15) is 38.6 Å². The van der Waals surface area contributed by atoms with Crippen LogP contribution in [0.5, 0.6) is 0 Å². The van der Waals surface area contributed by atoms with Gasteiger partial charge in [0.15, 0.2) is 0 Å². The highest BCUT2D eigenvalue weighted by atomic mass is 16.2. The maximum absolute atomic E-state index is 12.3. The number of rotatable bonds is 5. The molecule has 1 aromatic rings. The van der Waals surface area contributed by atoms with E-state index in [-0.39, 0.29) is 0 Å². The highest BCUT2D eigenvalue weighted by Gasteiger charge is 2.32. The number of nitrogen functional groups attached to an aromatic ring is 1. The molecule has 6 nitrogen and oxygen atoms in total. The molecule has 1 aliphatic heterocycles. The van der Waals surface area contributed by atoms with Crippen LogP contribution in [0.15, 0.2) is 12.3 Å². The second-order valence-corrected chi connectivity index (χ2v) is 6.14. The molecule has 2 fully saturated rings. The standard InChI is InChI=1S/C15H25N5O/c1-2-19(12-3-4-12)15(21)11-18-8-5-13(6-9-18)20-10-7-14(16)17-20/h7,10,12-13H,2-6,8-9,11H2,1H3,(H2,16,17). The number of hydrogen-bond donors (Lipinski definition) is 1. The van der Waals surface area contributed by atoms with Gasteiger partial charge < -0.3 is 10.6 Å². The Morgan fingerprint density at radius 3 is 2.62 bits per heavy atom. The minimum absolute atomic E-state index is 0.293. The van der Waals surface area contributed by atoms with Crippen molar-refractivity contribution in [1.82, 2.24) is 19.6 Å². The summed E-state index contributed by atoms with van der Waals surface area (Å²) in [5.74, 6) is 0.873. The average molecular weight is 291 g/mol. The first-order valence-corrected chi connectivity index (χ1v) is 8.00. The van der Waals surface area contributed by atoms with Gasteiger partial charge in [0.1, 0.15) is 5.82 Å². The van der Waals surface area contributed by atoms with Gasteiger partial charge in [0.2, 0.25) is 5.91 Å². The normalized spacial score (nSPS) is 20.6. The maximum Gasteiger partial charge on any atom is 0.236 e. The first kappa shape index (κ1) is 14.4. The molecule has 6 heteroatoms. The van der Waals surface area contributed by atoms with E-state index < -0.39 is 0 Å². The molecular weight excluding hydrogens is 266 g/mol. The van der Waals surface area contributed by atoms with Crippen LogP contribution in [0.3, 0.4) is 0 Å². The van der Waals surface area contributed by atoms with Gasteiger partial charge in [-0.15, -0.1) is 0 Å².